The summed E-state index contributed by atoms with van der Waals surface area (Å²) in [4.78, 5) is 4.49. The van der Waals surface area contributed by atoms with Crippen LogP contribution in [0.15, 0.2) is 42.6 Å². The summed E-state index contributed by atoms with van der Waals surface area (Å²) < 4.78 is 14.0. The van der Waals surface area contributed by atoms with Gasteiger partial charge in [0.2, 0.25) is 0 Å². The minimum atomic E-state index is -0.201. The fraction of sp³-hybridized carbons (Fsp3) is 0.214. The molecule has 1 heterocycles. The van der Waals surface area contributed by atoms with E-state index in [-0.39, 0.29) is 16.6 Å². The van der Waals surface area contributed by atoms with E-state index in [1.807, 2.05) is 24.3 Å². The van der Waals surface area contributed by atoms with E-state index in [0.717, 1.165) is 14.8 Å². The average molecular weight is 420 g/mol. The van der Waals surface area contributed by atoms with Crippen molar-refractivity contribution >= 4 is 38.5 Å². The smallest absolute Gasteiger partial charge is 0.124 e. The van der Waals surface area contributed by atoms with E-state index in [1.54, 1.807) is 12.3 Å². The maximum Gasteiger partial charge on any atom is 0.124 e. The van der Waals surface area contributed by atoms with Crippen LogP contribution in [-0.2, 0) is 0 Å². The van der Waals surface area contributed by atoms with Gasteiger partial charge in [0.25, 0.3) is 0 Å². The summed E-state index contributed by atoms with van der Waals surface area (Å²) in [6, 6.07) is 10.8. The van der Waals surface area contributed by atoms with Crippen LogP contribution in [0, 0.1) is 9.39 Å². The van der Waals surface area contributed by atoms with Crippen LogP contribution in [0.25, 0.3) is 0 Å². The Labute approximate surface area is 128 Å². The lowest BCUT2D eigenvalue weighted by Gasteiger charge is -2.19. The predicted octanol–water partition coefficient (Wildman–Crippen LogP) is 5.07. The molecule has 94 valence electrons. The van der Waals surface area contributed by atoms with Crippen molar-refractivity contribution in [1.82, 2.24) is 4.98 Å². The number of hydrogen-bond donors (Lipinski definition) is 0. The number of benzene rings is 1. The molecule has 0 N–H and O–H groups in total. The van der Waals surface area contributed by atoms with E-state index in [1.165, 1.54) is 6.07 Å². The van der Waals surface area contributed by atoms with E-state index >= 15 is 0 Å². The molecule has 0 aliphatic heterocycles. The molecule has 2 aromatic rings. The summed E-state index contributed by atoms with van der Waals surface area (Å²) in [7, 11) is 0. The van der Waals surface area contributed by atoms with Crippen LogP contribution in [-0.4, -0.2) is 4.98 Å². The SMILES string of the molecule is CC(c1ccccn1)C(Br)c1ccc(F)cc1I. The van der Waals surface area contributed by atoms with Gasteiger partial charge in [0.1, 0.15) is 5.82 Å². The normalized spacial score (nSPS) is 14.2. The topological polar surface area (TPSA) is 12.9 Å². The van der Waals surface area contributed by atoms with Crippen LogP contribution in [0.2, 0.25) is 0 Å². The van der Waals surface area contributed by atoms with E-state index in [2.05, 4.69) is 50.4 Å². The zero-order valence-corrected chi connectivity index (χ0v) is 13.5. The summed E-state index contributed by atoms with van der Waals surface area (Å²) in [6.07, 6.45) is 1.79. The standard InChI is InChI=1S/C14H12BrFIN/c1-9(13-4-2-3-7-18-13)14(15)11-6-5-10(16)8-12(11)17/h2-9,14H,1H3. The molecular weight excluding hydrogens is 408 g/mol. The minimum Gasteiger partial charge on any atom is -0.261 e. The van der Waals surface area contributed by atoms with Crippen molar-refractivity contribution in [3.8, 4) is 0 Å². The molecule has 0 aliphatic rings. The van der Waals surface area contributed by atoms with Crippen LogP contribution in [0.5, 0.6) is 0 Å². The molecule has 0 saturated carbocycles. The van der Waals surface area contributed by atoms with Crippen molar-refractivity contribution < 1.29 is 4.39 Å². The van der Waals surface area contributed by atoms with Gasteiger partial charge in [0, 0.05) is 26.2 Å². The highest BCUT2D eigenvalue weighted by Gasteiger charge is 2.21. The second kappa shape index (κ2) is 6.10. The molecule has 0 spiro atoms. The Kier molecular flexibility index (Phi) is 4.72. The summed E-state index contributed by atoms with van der Waals surface area (Å²) in [5.74, 6) is 0.0264. The van der Waals surface area contributed by atoms with Crippen molar-refractivity contribution in [2.45, 2.75) is 17.7 Å². The van der Waals surface area contributed by atoms with Crippen molar-refractivity contribution in [3.63, 3.8) is 0 Å². The summed E-state index contributed by atoms with van der Waals surface area (Å²) >= 11 is 5.86. The number of aromatic nitrogens is 1. The number of hydrogen-bond acceptors (Lipinski definition) is 1. The fourth-order valence-corrected chi connectivity index (χ4v) is 3.70. The van der Waals surface area contributed by atoms with Crippen LogP contribution >= 0.6 is 38.5 Å². The minimum absolute atomic E-state index is 0.125. The maximum atomic E-state index is 13.1. The van der Waals surface area contributed by atoms with E-state index in [0.29, 0.717) is 0 Å². The summed E-state index contributed by atoms with van der Waals surface area (Å²) in [5.41, 5.74) is 2.12. The quantitative estimate of drug-likeness (QED) is 0.500. The van der Waals surface area contributed by atoms with Gasteiger partial charge < -0.3 is 0 Å². The fourth-order valence-electron chi connectivity index (χ4n) is 1.79. The van der Waals surface area contributed by atoms with Gasteiger partial charge in [-0.1, -0.05) is 35.0 Å². The molecule has 1 aromatic heterocycles. The van der Waals surface area contributed by atoms with Crippen LogP contribution in [0.1, 0.15) is 28.9 Å². The number of rotatable bonds is 3. The first-order valence-electron chi connectivity index (χ1n) is 5.59. The molecule has 0 bridgehead atoms. The highest BCUT2D eigenvalue weighted by Crippen LogP contribution is 2.38. The first kappa shape index (κ1) is 13.9. The molecule has 4 heteroatoms. The average Bonchev–Trinajstić information content (AvgIpc) is 2.38. The highest BCUT2D eigenvalue weighted by molar-refractivity contribution is 14.1. The highest BCUT2D eigenvalue weighted by atomic mass is 127. The second-order valence-corrected chi connectivity index (χ2v) is 6.26. The number of pyridine rings is 1. The molecule has 2 atom stereocenters. The lowest BCUT2D eigenvalue weighted by atomic mass is 9.97. The maximum absolute atomic E-state index is 13.1. The third-order valence-corrected chi connectivity index (χ3v) is 5.07. The van der Waals surface area contributed by atoms with Gasteiger partial charge in [-0.05, 0) is 52.4 Å². The van der Waals surface area contributed by atoms with Crippen LogP contribution in [0.4, 0.5) is 4.39 Å². The number of alkyl halides is 1. The van der Waals surface area contributed by atoms with Gasteiger partial charge in [-0.25, -0.2) is 4.39 Å². The molecule has 0 aliphatic carbocycles. The Balaban J connectivity index is 2.28. The summed E-state index contributed by atoms with van der Waals surface area (Å²) in [5, 5.41) is 0. The van der Waals surface area contributed by atoms with Gasteiger partial charge >= 0.3 is 0 Å². The van der Waals surface area contributed by atoms with Crippen molar-refractivity contribution in [1.29, 1.82) is 0 Å². The largest absolute Gasteiger partial charge is 0.261 e. The van der Waals surface area contributed by atoms with Gasteiger partial charge in [0.15, 0.2) is 0 Å². The van der Waals surface area contributed by atoms with E-state index in [9.17, 15) is 4.39 Å². The molecule has 0 fully saturated rings. The van der Waals surface area contributed by atoms with Gasteiger partial charge in [0.05, 0.1) is 0 Å². The van der Waals surface area contributed by atoms with E-state index in [4.69, 9.17) is 0 Å². The van der Waals surface area contributed by atoms with Crippen molar-refractivity contribution in [3.05, 3.63) is 63.2 Å². The Morgan fingerprint density at radius 2 is 2.06 bits per heavy atom. The molecule has 0 saturated heterocycles. The van der Waals surface area contributed by atoms with Gasteiger partial charge in [-0.15, -0.1) is 0 Å². The molecular formula is C14H12BrFIN. The molecule has 2 unspecified atom stereocenters. The lowest BCUT2D eigenvalue weighted by Crippen LogP contribution is -2.05. The Morgan fingerprint density at radius 1 is 1.28 bits per heavy atom. The zero-order valence-electron chi connectivity index (χ0n) is 9.78. The lowest BCUT2D eigenvalue weighted by molar-refractivity contribution is 0.624. The van der Waals surface area contributed by atoms with Crippen LogP contribution < -0.4 is 0 Å². The third-order valence-electron chi connectivity index (χ3n) is 2.85. The molecule has 1 nitrogen and oxygen atoms in total. The second-order valence-electron chi connectivity index (χ2n) is 4.11. The Morgan fingerprint density at radius 3 is 2.67 bits per heavy atom. The van der Waals surface area contributed by atoms with Crippen molar-refractivity contribution in [2.75, 3.05) is 0 Å². The number of halogens is 3. The number of nitrogens with zero attached hydrogens (tertiary/aromatic N) is 1. The zero-order chi connectivity index (χ0) is 13.1. The van der Waals surface area contributed by atoms with Gasteiger partial charge in [-0.3, -0.25) is 4.98 Å². The monoisotopic (exact) mass is 419 g/mol. The Bertz CT molecular complexity index is 533. The predicted molar refractivity (Wildman–Crippen MR) is 83.4 cm³/mol. The van der Waals surface area contributed by atoms with Crippen LogP contribution in [0.3, 0.4) is 0 Å². The molecule has 0 radical (unpaired) electrons. The molecule has 18 heavy (non-hydrogen) atoms. The summed E-state index contributed by atoms with van der Waals surface area (Å²) in [6.45, 7) is 2.11. The first-order chi connectivity index (χ1) is 8.59. The first-order valence-corrected chi connectivity index (χ1v) is 7.59. The molecule has 1 aromatic carbocycles. The molecule has 2 rings (SSSR count). The molecule has 0 amide bonds. The third kappa shape index (κ3) is 3.09. The van der Waals surface area contributed by atoms with E-state index < -0.39 is 0 Å². The van der Waals surface area contributed by atoms with Gasteiger partial charge in [-0.2, -0.15) is 0 Å². The van der Waals surface area contributed by atoms with Crippen molar-refractivity contribution in [2.24, 2.45) is 0 Å². The Hall–Kier alpha value is -0.490.